The Morgan fingerprint density at radius 2 is 0.923 bits per heavy atom. The van der Waals surface area contributed by atoms with Crippen molar-refractivity contribution >= 4 is 5.91 Å². The van der Waals surface area contributed by atoms with Crippen LogP contribution in [0.15, 0.2) is 12.2 Å². The SMILES string of the molecule is CCCCCCCC/C=C\CCCCCCCCNC(=O)CCCCCCCCCCC(O)CCCCCC. The van der Waals surface area contributed by atoms with Gasteiger partial charge in [0.2, 0.25) is 5.91 Å². The highest BCUT2D eigenvalue weighted by Crippen LogP contribution is 2.14. The number of aliphatic hydroxyl groups is 1. The number of amides is 1. The lowest BCUT2D eigenvalue weighted by molar-refractivity contribution is -0.121. The van der Waals surface area contributed by atoms with Crippen LogP contribution in [0.2, 0.25) is 0 Å². The quantitative estimate of drug-likeness (QED) is 0.0647. The maximum absolute atomic E-state index is 12.0. The van der Waals surface area contributed by atoms with E-state index in [9.17, 15) is 9.90 Å². The van der Waals surface area contributed by atoms with Crippen molar-refractivity contribution < 1.29 is 9.90 Å². The third-order valence-electron chi connectivity index (χ3n) is 8.09. The van der Waals surface area contributed by atoms with Crippen LogP contribution in [-0.2, 0) is 4.79 Å². The van der Waals surface area contributed by atoms with Crippen molar-refractivity contribution in [2.45, 2.75) is 206 Å². The first-order valence-corrected chi connectivity index (χ1v) is 17.8. The molecule has 0 saturated heterocycles. The molecule has 0 saturated carbocycles. The largest absolute Gasteiger partial charge is 0.393 e. The van der Waals surface area contributed by atoms with Gasteiger partial charge in [0.15, 0.2) is 0 Å². The maximum Gasteiger partial charge on any atom is 0.219 e. The van der Waals surface area contributed by atoms with Crippen LogP contribution in [0.4, 0.5) is 0 Å². The van der Waals surface area contributed by atoms with Crippen LogP contribution in [0.5, 0.6) is 0 Å². The molecule has 0 bridgehead atoms. The van der Waals surface area contributed by atoms with Crippen LogP contribution in [0.1, 0.15) is 200 Å². The van der Waals surface area contributed by atoms with E-state index in [1.54, 1.807) is 0 Å². The van der Waals surface area contributed by atoms with Gasteiger partial charge in [-0.2, -0.15) is 0 Å². The molecule has 0 heterocycles. The van der Waals surface area contributed by atoms with E-state index in [2.05, 4.69) is 31.3 Å². The molecule has 232 valence electrons. The third-order valence-corrected chi connectivity index (χ3v) is 8.09. The zero-order valence-electron chi connectivity index (χ0n) is 26.8. The van der Waals surface area contributed by atoms with Gasteiger partial charge in [0.1, 0.15) is 0 Å². The smallest absolute Gasteiger partial charge is 0.219 e. The van der Waals surface area contributed by atoms with Crippen molar-refractivity contribution in [3.05, 3.63) is 12.2 Å². The lowest BCUT2D eigenvalue weighted by Crippen LogP contribution is -2.23. The molecule has 0 aromatic heterocycles. The second kappa shape index (κ2) is 33.4. The number of hydrogen-bond donors (Lipinski definition) is 2. The van der Waals surface area contributed by atoms with Gasteiger partial charge >= 0.3 is 0 Å². The minimum atomic E-state index is -0.0741. The molecule has 0 fully saturated rings. The van der Waals surface area contributed by atoms with Gasteiger partial charge in [-0.25, -0.2) is 0 Å². The number of carbonyl (C=O) groups excluding carboxylic acids is 1. The molecule has 0 rings (SSSR count). The molecule has 1 amide bonds. The van der Waals surface area contributed by atoms with Crippen LogP contribution < -0.4 is 5.32 Å². The Balaban J connectivity index is 3.24. The predicted molar refractivity (Wildman–Crippen MR) is 173 cm³/mol. The molecule has 0 aromatic carbocycles. The first-order chi connectivity index (χ1) is 19.2. The normalized spacial score (nSPS) is 12.4. The average Bonchev–Trinajstić information content (AvgIpc) is 2.93. The Kier molecular flexibility index (Phi) is 32.7. The molecule has 0 aliphatic rings. The second-order valence-electron chi connectivity index (χ2n) is 12.2. The zero-order valence-corrected chi connectivity index (χ0v) is 26.8. The standard InChI is InChI=1S/C36H71NO2/c1-3-5-7-9-10-11-12-13-14-15-16-17-20-23-26-30-34-37-36(39)33-29-25-22-19-18-21-24-28-32-35(38)31-27-8-6-4-2/h13-14,35,38H,3-12,15-34H2,1-2H3,(H,37,39)/b14-13-. The molecule has 2 N–H and O–H groups in total. The van der Waals surface area contributed by atoms with Gasteiger partial charge < -0.3 is 10.4 Å². The number of rotatable bonds is 32. The molecule has 39 heavy (non-hydrogen) atoms. The van der Waals surface area contributed by atoms with E-state index in [1.165, 1.54) is 154 Å². The first kappa shape index (κ1) is 38.2. The number of aliphatic hydroxyl groups excluding tert-OH is 1. The molecular weight excluding hydrogens is 478 g/mol. The lowest BCUT2D eigenvalue weighted by atomic mass is 10.0. The van der Waals surface area contributed by atoms with E-state index in [0.29, 0.717) is 6.42 Å². The van der Waals surface area contributed by atoms with Gasteiger partial charge in [0.05, 0.1) is 6.10 Å². The van der Waals surface area contributed by atoms with Gasteiger partial charge in [-0.3, -0.25) is 4.79 Å². The van der Waals surface area contributed by atoms with E-state index in [-0.39, 0.29) is 12.0 Å². The van der Waals surface area contributed by atoms with Crippen molar-refractivity contribution in [3.8, 4) is 0 Å². The third kappa shape index (κ3) is 33.3. The number of unbranched alkanes of at least 4 members (excludes halogenated alkanes) is 22. The Bertz CT molecular complexity index is 504. The molecule has 0 aliphatic heterocycles. The summed E-state index contributed by atoms with van der Waals surface area (Å²) in [4.78, 5) is 12.0. The summed E-state index contributed by atoms with van der Waals surface area (Å²) < 4.78 is 0. The minimum Gasteiger partial charge on any atom is -0.393 e. The highest BCUT2D eigenvalue weighted by Gasteiger charge is 2.04. The van der Waals surface area contributed by atoms with Gasteiger partial charge in [-0.15, -0.1) is 0 Å². The zero-order chi connectivity index (χ0) is 28.5. The highest BCUT2D eigenvalue weighted by atomic mass is 16.3. The second-order valence-corrected chi connectivity index (χ2v) is 12.2. The molecule has 1 atom stereocenters. The molecule has 3 nitrogen and oxygen atoms in total. The monoisotopic (exact) mass is 550 g/mol. The van der Waals surface area contributed by atoms with Gasteiger partial charge in [0.25, 0.3) is 0 Å². The van der Waals surface area contributed by atoms with Crippen LogP contribution in [0.3, 0.4) is 0 Å². The van der Waals surface area contributed by atoms with Crippen molar-refractivity contribution in [2.75, 3.05) is 6.54 Å². The summed E-state index contributed by atoms with van der Waals surface area (Å²) in [6.07, 6.45) is 40.7. The summed E-state index contributed by atoms with van der Waals surface area (Å²) in [5, 5.41) is 13.1. The molecule has 0 spiro atoms. The fraction of sp³-hybridized carbons (Fsp3) is 0.917. The van der Waals surface area contributed by atoms with Crippen LogP contribution in [0.25, 0.3) is 0 Å². The van der Waals surface area contributed by atoms with Crippen LogP contribution in [-0.4, -0.2) is 23.7 Å². The number of hydrogen-bond acceptors (Lipinski definition) is 2. The maximum atomic E-state index is 12.0. The summed E-state index contributed by atoms with van der Waals surface area (Å²) in [6, 6.07) is 0. The molecule has 0 aromatic rings. The van der Waals surface area contributed by atoms with E-state index in [0.717, 1.165) is 32.2 Å². The van der Waals surface area contributed by atoms with Crippen LogP contribution in [0, 0.1) is 0 Å². The molecule has 0 aliphatic carbocycles. The van der Waals surface area contributed by atoms with Gasteiger partial charge in [-0.1, -0.05) is 154 Å². The minimum absolute atomic E-state index is 0.0741. The molecule has 0 radical (unpaired) electrons. The number of carbonyl (C=O) groups is 1. The summed E-state index contributed by atoms with van der Waals surface area (Å²) >= 11 is 0. The fourth-order valence-electron chi connectivity index (χ4n) is 5.37. The van der Waals surface area contributed by atoms with Crippen molar-refractivity contribution in [3.63, 3.8) is 0 Å². The number of allylic oxidation sites excluding steroid dienone is 2. The Morgan fingerprint density at radius 1 is 0.538 bits per heavy atom. The van der Waals surface area contributed by atoms with E-state index >= 15 is 0 Å². The molecular formula is C36H71NO2. The Morgan fingerprint density at radius 3 is 1.44 bits per heavy atom. The van der Waals surface area contributed by atoms with E-state index in [4.69, 9.17) is 0 Å². The van der Waals surface area contributed by atoms with Crippen molar-refractivity contribution in [1.29, 1.82) is 0 Å². The van der Waals surface area contributed by atoms with E-state index in [1.807, 2.05) is 0 Å². The number of nitrogens with one attached hydrogen (secondary N) is 1. The van der Waals surface area contributed by atoms with Crippen molar-refractivity contribution in [1.82, 2.24) is 5.32 Å². The summed E-state index contributed by atoms with van der Waals surface area (Å²) in [7, 11) is 0. The Labute approximate surface area is 245 Å². The van der Waals surface area contributed by atoms with E-state index < -0.39 is 0 Å². The summed E-state index contributed by atoms with van der Waals surface area (Å²) in [5.41, 5.74) is 0. The lowest BCUT2D eigenvalue weighted by Gasteiger charge is -2.10. The van der Waals surface area contributed by atoms with Gasteiger partial charge in [-0.05, 0) is 51.4 Å². The van der Waals surface area contributed by atoms with Crippen LogP contribution >= 0.6 is 0 Å². The summed E-state index contributed by atoms with van der Waals surface area (Å²) in [5.74, 6) is 0.246. The summed E-state index contributed by atoms with van der Waals surface area (Å²) in [6.45, 7) is 5.37. The molecule has 1 unspecified atom stereocenters. The topological polar surface area (TPSA) is 49.3 Å². The first-order valence-electron chi connectivity index (χ1n) is 17.8. The highest BCUT2D eigenvalue weighted by molar-refractivity contribution is 5.75. The Hall–Kier alpha value is -0.830. The average molecular weight is 550 g/mol. The van der Waals surface area contributed by atoms with Gasteiger partial charge in [0, 0.05) is 13.0 Å². The fourth-order valence-corrected chi connectivity index (χ4v) is 5.37. The predicted octanol–water partition coefficient (Wildman–Crippen LogP) is 11.4. The van der Waals surface area contributed by atoms with Crippen molar-refractivity contribution in [2.24, 2.45) is 0 Å². The molecule has 3 heteroatoms.